The normalized spacial score (nSPS) is 14.9. The molecular weight excluding hydrogens is 207 g/mol. The van der Waals surface area contributed by atoms with E-state index >= 15 is 0 Å². The molecule has 1 atom stereocenters. The molecule has 0 spiro atoms. The minimum absolute atomic E-state index is 0.182. The van der Waals surface area contributed by atoms with Crippen molar-refractivity contribution in [3.05, 3.63) is 0 Å². The van der Waals surface area contributed by atoms with Gasteiger partial charge in [0, 0.05) is 19.2 Å². The largest absolute Gasteiger partial charge is 0.457 e. The Bertz CT molecular complexity index is 265. The summed E-state index contributed by atoms with van der Waals surface area (Å²) < 4.78 is 15.4. The van der Waals surface area contributed by atoms with Crippen LogP contribution in [0.25, 0.3) is 0 Å². The number of ether oxygens (including phenoxy) is 1. The standard InChI is InChI=1S/C8H15O5P/c1-6(2)13-8(10)7(9)4-5-14(3,11)12/h6H,4-5H2,1-3H3,(H,11,12). The Kier molecular flexibility index (Phi) is 5.02. The van der Waals surface area contributed by atoms with Crippen molar-refractivity contribution in [2.45, 2.75) is 26.4 Å². The smallest absolute Gasteiger partial charge is 0.374 e. The molecule has 0 aromatic carbocycles. The lowest BCUT2D eigenvalue weighted by atomic mass is 10.3. The summed E-state index contributed by atoms with van der Waals surface area (Å²) in [5.74, 6) is -1.69. The van der Waals surface area contributed by atoms with E-state index < -0.39 is 19.1 Å². The highest BCUT2D eigenvalue weighted by Gasteiger charge is 2.20. The molecule has 0 bridgehead atoms. The lowest BCUT2D eigenvalue weighted by Gasteiger charge is -2.07. The van der Waals surface area contributed by atoms with Crippen molar-refractivity contribution in [2.75, 3.05) is 12.8 Å². The van der Waals surface area contributed by atoms with Gasteiger partial charge in [-0.05, 0) is 13.8 Å². The highest BCUT2D eigenvalue weighted by molar-refractivity contribution is 7.57. The van der Waals surface area contributed by atoms with Crippen LogP contribution in [-0.2, 0) is 18.9 Å². The number of Topliss-reactive ketones (excluding diaryl/α,β-unsaturated/α-hetero) is 1. The zero-order chi connectivity index (χ0) is 11.4. The monoisotopic (exact) mass is 222 g/mol. The highest BCUT2D eigenvalue weighted by Crippen LogP contribution is 2.35. The highest BCUT2D eigenvalue weighted by atomic mass is 31.2. The average Bonchev–Trinajstić information content (AvgIpc) is 1.97. The van der Waals surface area contributed by atoms with Crippen LogP contribution in [0.15, 0.2) is 0 Å². The van der Waals surface area contributed by atoms with Gasteiger partial charge in [0.2, 0.25) is 5.78 Å². The van der Waals surface area contributed by atoms with Gasteiger partial charge in [-0.25, -0.2) is 4.79 Å². The van der Waals surface area contributed by atoms with Gasteiger partial charge >= 0.3 is 5.97 Å². The van der Waals surface area contributed by atoms with Crippen LogP contribution in [0.4, 0.5) is 0 Å². The second-order valence-electron chi connectivity index (χ2n) is 3.40. The van der Waals surface area contributed by atoms with Gasteiger partial charge in [-0.15, -0.1) is 0 Å². The van der Waals surface area contributed by atoms with Crippen molar-refractivity contribution in [2.24, 2.45) is 0 Å². The Hall–Kier alpha value is -0.670. The fraction of sp³-hybridized carbons (Fsp3) is 0.750. The van der Waals surface area contributed by atoms with Crippen LogP contribution in [0, 0.1) is 0 Å². The molecule has 6 heteroatoms. The third kappa shape index (κ3) is 6.80. The lowest BCUT2D eigenvalue weighted by Crippen LogP contribution is -2.21. The summed E-state index contributed by atoms with van der Waals surface area (Å²) in [4.78, 5) is 30.8. The first-order valence-corrected chi connectivity index (χ1v) is 6.54. The zero-order valence-electron chi connectivity index (χ0n) is 8.52. The van der Waals surface area contributed by atoms with Gasteiger partial charge in [0.25, 0.3) is 0 Å². The number of hydrogen-bond donors (Lipinski definition) is 1. The number of hydrogen-bond acceptors (Lipinski definition) is 4. The molecule has 0 aliphatic carbocycles. The number of carbonyl (C=O) groups excluding carboxylic acids is 2. The Morgan fingerprint density at radius 1 is 1.43 bits per heavy atom. The summed E-state index contributed by atoms with van der Waals surface area (Å²) in [7, 11) is -3.22. The Labute approximate surface area is 82.9 Å². The first-order valence-electron chi connectivity index (χ1n) is 4.25. The van der Waals surface area contributed by atoms with Crippen LogP contribution in [-0.4, -0.2) is 35.6 Å². The van der Waals surface area contributed by atoms with E-state index in [-0.39, 0.29) is 18.7 Å². The molecule has 0 amide bonds. The van der Waals surface area contributed by atoms with E-state index in [1.165, 1.54) is 0 Å². The number of esters is 1. The third-order valence-electron chi connectivity index (χ3n) is 1.32. The molecule has 0 fully saturated rings. The number of ketones is 1. The summed E-state index contributed by atoms with van der Waals surface area (Å²) in [6.07, 6.45) is -0.775. The van der Waals surface area contributed by atoms with Crippen molar-refractivity contribution in [3.63, 3.8) is 0 Å². The minimum atomic E-state index is -3.22. The topological polar surface area (TPSA) is 80.7 Å². The summed E-state index contributed by atoms with van der Waals surface area (Å²) in [6, 6.07) is 0. The maximum Gasteiger partial charge on any atom is 0.374 e. The summed E-state index contributed by atoms with van der Waals surface area (Å²) in [5.41, 5.74) is 0. The predicted molar refractivity (Wildman–Crippen MR) is 51.5 cm³/mol. The van der Waals surface area contributed by atoms with Gasteiger partial charge in [0.15, 0.2) is 7.37 Å². The quantitative estimate of drug-likeness (QED) is 0.422. The molecular formula is C8H15O5P. The van der Waals surface area contributed by atoms with Gasteiger partial charge < -0.3 is 9.63 Å². The molecule has 0 rings (SSSR count). The van der Waals surface area contributed by atoms with Crippen LogP contribution in [0.5, 0.6) is 0 Å². The van der Waals surface area contributed by atoms with E-state index in [1.54, 1.807) is 13.8 Å². The van der Waals surface area contributed by atoms with Crippen LogP contribution >= 0.6 is 7.37 Å². The first-order chi connectivity index (χ1) is 6.22. The van der Waals surface area contributed by atoms with E-state index in [9.17, 15) is 14.2 Å². The number of carbonyl (C=O) groups is 2. The van der Waals surface area contributed by atoms with E-state index in [0.717, 1.165) is 6.66 Å². The molecule has 0 aromatic heterocycles. The van der Waals surface area contributed by atoms with Crippen LogP contribution < -0.4 is 0 Å². The van der Waals surface area contributed by atoms with Crippen molar-refractivity contribution in [3.8, 4) is 0 Å². The molecule has 0 heterocycles. The van der Waals surface area contributed by atoms with E-state index in [2.05, 4.69) is 4.74 Å². The van der Waals surface area contributed by atoms with Gasteiger partial charge in [-0.1, -0.05) is 0 Å². The molecule has 0 saturated heterocycles. The van der Waals surface area contributed by atoms with Crippen LogP contribution in [0.3, 0.4) is 0 Å². The number of rotatable bonds is 5. The average molecular weight is 222 g/mol. The maximum atomic E-state index is 11.0. The second-order valence-corrected chi connectivity index (χ2v) is 5.95. The molecule has 0 radical (unpaired) electrons. The lowest BCUT2D eigenvalue weighted by molar-refractivity contribution is -0.156. The van der Waals surface area contributed by atoms with Crippen LogP contribution in [0.2, 0.25) is 0 Å². The fourth-order valence-electron chi connectivity index (χ4n) is 0.691. The zero-order valence-corrected chi connectivity index (χ0v) is 9.41. The van der Waals surface area contributed by atoms with E-state index in [1.807, 2.05) is 0 Å². The molecule has 0 aliphatic rings. The van der Waals surface area contributed by atoms with Crippen LogP contribution in [0.1, 0.15) is 20.3 Å². The van der Waals surface area contributed by atoms with E-state index in [4.69, 9.17) is 4.89 Å². The van der Waals surface area contributed by atoms with Crippen molar-refractivity contribution in [1.29, 1.82) is 0 Å². The maximum absolute atomic E-state index is 11.0. The fourth-order valence-corrected chi connectivity index (χ4v) is 1.31. The van der Waals surface area contributed by atoms with Crippen molar-refractivity contribution >= 4 is 19.1 Å². The molecule has 1 N–H and O–H groups in total. The minimum Gasteiger partial charge on any atom is -0.457 e. The first kappa shape index (κ1) is 13.3. The molecule has 0 aliphatic heterocycles. The Morgan fingerprint density at radius 3 is 2.29 bits per heavy atom. The van der Waals surface area contributed by atoms with Gasteiger partial charge in [-0.2, -0.15) is 0 Å². The molecule has 82 valence electrons. The molecule has 0 saturated carbocycles. The second kappa shape index (κ2) is 5.27. The third-order valence-corrected chi connectivity index (χ3v) is 2.38. The molecule has 0 aromatic rings. The molecule has 14 heavy (non-hydrogen) atoms. The Balaban J connectivity index is 3.98. The molecule has 1 unspecified atom stereocenters. The SMILES string of the molecule is CC(C)OC(=O)C(=O)CCP(C)(=O)O. The summed E-state index contributed by atoms with van der Waals surface area (Å²) in [6.45, 7) is 4.40. The predicted octanol–water partition coefficient (Wildman–Crippen LogP) is 0.797. The van der Waals surface area contributed by atoms with Crippen molar-refractivity contribution < 1.29 is 23.8 Å². The summed E-state index contributed by atoms with van der Waals surface area (Å²) >= 11 is 0. The van der Waals surface area contributed by atoms with Crippen molar-refractivity contribution in [1.82, 2.24) is 0 Å². The van der Waals surface area contributed by atoms with E-state index in [0.29, 0.717) is 0 Å². The van der Waals surface area contributed by atoms with Gasteiger partial charge in [0.1, 0.15) is 0 Å². The summed E-state index contributed by atoms with van der Waals surface area (Å²) in [5, 5.41) is 0. The van der Waals surface area contributed by atoms with Gasteiger partial charge in [-0.3, -0.25) is 9.36 Å². The Morgan fingerprint density at radius 2 is 1.93 bits per heavy atom. The molecule has 5 nitrogen and oxygen atoms in total. The van der Waals surface area contributed by atoms with Gasteiger partial charge in [0.05, 0.1) is 6.10 Å².